The highest BCUT2D eigenvalue weighted by Crippen LogP contribution is 2.28. The molecule has 0 radical (unpaired) electrons. The average molecular weight is 398 g/mol. The van der Waals surface area contributed by atoms with E-state index in [0.717, 1.165) is 39.5 Å². The Hall–Kier alpha value is -2.79. The molecule has 0 heterocycles. The van der Waals surface area contributed by atoms with Crippen LogP contribution in [0.25, 0.3) is 0 Å². The molecule has 2 rings (SSSR count). The maximum atomic E-state index is 5.94. The van der Waals surface area contributed by atoms with Gasteiger partial charge >= 0.3 is 0 Å². The molecule has 5 nitrogen and oxygen atoms in total. The van der Waals surface area contributed by atoms with E-state index >= 15 is 0 Å². The van der Waals surface area contributed by atoms with E-state index < -0.39 is 0 Å². The van der Waals surface area contributed by atoms with Crippen molar-refractivity contribution in [1.82, 2.24) is 0 Å². The van der Waals surface area contributed by atoms with E-state index in [1.807, 2.05) is 76.2 Å². The van der Waals surface area contributed by atoms with Crippen LogP contribution in [-0.2, 0) is 16.2 Å². The molecule has 0 fully saturated rings. The molecule has 0 aliphatic rings. The van der Waals surface area contributed by atoms with E-state index in [1.54, 1.807) is 7.11 Å². The first-order valence-corrected chi connectivity index (χ1v) is 9.78. The first-order chi connectivity index (χ1) is 14.0. The monoisotopic (exact) mass is 397 g/mol. The number of aryl methyl sites for hydroxylation is 2. The van der Waals surface area contributed by atoms with Gasteiger partial charge in [0.1, 0.15) is 31.8 Å². The second-order valence-electron chi connectivity index (χ2n) is 6.72. The minimum Gasteiger partial charge on any atom is -0.491 e. The van der Waals surface area contributed by atoms with Gasteiger partial charge in [0.05, 0.1) is 18.9 Å². The second-order valence-corrected chi connectivity index (χ2v) is 6.72. The summed E-state index contributed by atoms with van der Waals surface area (Å²) in [6.07, 6.45) is 3.95. The van der Waals surface area contributed by atoms with Gasteiger partial charge in [0.2, 0.25) is 0 Å². The topological polar surface area (TPSA) is 49.3 Å². The maximum Gasteiger partial charge on any atom is 0.125 e. The van der Waals surface area contributed by atoms with E-state index in [4.69, 9.17) is 19.0 Å². The normalized spacial score (nSPS) is 11.7. The van der Waals surface area contributed by atoms with Crippen LogP contribution in [0.5, 0.6) is 11.5 Å². The van der Waals surface area contributed by atoms with Crippen LogP contribution >= 0.6 is 0 Å². The zero-order chi connectivity index (χ0) is 21.1. The lowest BCUT2D eigenvalue weighted by Gasteiger charge is -2.14. The summed E-state index contributed by atoms with van der Waals surface area (Å²) in [4.78, 5) is 4.80. The number of rotatable bonds is 11. The molecule has 2 aromatic rings. The third-order valence-corrected chi connectivity index (χ3v) is 4.36. The van der Waals surface area contributed by atoms with E-state index in [-0.39, 0.29) is 0 Å². The minimum atomic E-state index is 0.498. The summed E-state index contributed by atoms with van der Waals surface area (Å²) in [5.41, 5.74) is 5.10. The molecule has 0 amide bonds. The summed E-state index contributed by atoms with van der Waals surface area (Å²) >= 11 is 0. The maximum absolute atomic E-state index is 5.94. The van der Waals surface area contributed by atoms with Gasteiger partial charge in [0, 0.05) is 0 Å². The van der Waals surface area contributed by atoms with Gasteiger partial charge in [-0.15, -0.1) is 0 Å². The van der Waals surface area contributed by atoms with Crippen LogP contribution in [0.15, 0.2) is 53.7 Å². The molecule has 0 aliphatic carbocycles. The minimum absolute atomic E-state index is 0.498. The summed E-state index contributed by atoms with van der Waals surface area (Å²) in [5.74, 6) is 1.75. The van der Waals surface area contributed by atoms with Crippen LogP contribution in [0.2, 0.25) is 0 Å². The lowest BCUT2D eigenvalue weighted by atomic mass is 10.1. The van der Waals surface area contributed by atoms with Gasteiger partial charge in [-0.1, -0.05) is 41.6 Å². The predicted molar refractivity (Wildman–Crippen MR) is 117 cm³/mol. The highest BCUT2D eigenvalue weighted by Gasteiger charge is 2.07. The van der Waals surface area contributed by atoms with E-state index in [2.05, 4.69) is 5.16 Å². The third-order valence-electron chi connectivity index (χ3n) is 4.36. The SMILES string of the molecule is C/C=C/COc1cc(C)c(OCCOCc2ccc(/C(C)=N/OC)cc2)c(C)c1. The molecular formula is C24H31NO4. The van der Waals surface area contributed by atoms with Crippen LogP contribution < -0.4 is 9.47 Å². The average Bonchev–Trinajstić information content (AvgIpc) is 2.70. The molecule has 0 spiro atoms. The van der Waals surface area contributed by atoms with Crippen molar-refractivity contribution in [3.8, 4) is 11.5 Å². The Morgan fingerprint density at radius 3 is 2.31 bits per heavy atom. The number of nitrogens with zero attached hydrogens (tertiary/aromatic N) is 1. The third kappa shape index (κ3) is 7.27. The highest BCUT2D eigenvalue weighted by atomic mass is 16.6. The highest BCUT2D eigenvalue weighted by molar-refractivity contribution is 5.98. The molecule has 0 saturated heterocycles. The molecule has 2 aromatic carbocycles. The van der Waals surface area contributed by atoms with E-state index in [0.29, 0.717) is 26.4 Å². The van der Waals surface area contributed by atoms with Gasteiger partial charge in [0.25, 0.3) is 0 Å². The van der Waals surface area contributed by atoms with Crippen LogP contribution in [0.1, 0.15) is 36.1 Å². The van der Waals surface area contributed by atoms with E-state index in [1.165, 1.54) is 0 Å². The number of benzene rings is 2. The van der Waals surface area contributed by atoms with Crippen molar-refractivity contribution >= 4 is 5.71 Å². The summed E-state index contributed by atoms with van der Waals surface area (Å²) < 4.78 is 17.4. The van der Waals surface area contributed by atoms with Gasteiger partial charge < -0.3 is 19.0 Å². The Bertz CT molecular complexity index is 802. The summed E-state index contributed by atoms with van der Waals surface area (Å²) in [6.45, 7) is 10.1. The fraction of sp³-hybridized carbons (Fsp3) is 0.375. The number of allylic oxidation sites excluding steroid dienone is 1. The van der Waals surface area contributed by atoms with Crippen molar-refractivity contribution in [1.29, 1.82) is 0 Å². The zero-order valence-corrected chi connectivity index (χ0v) is 18.0. The largest absolute Gasteiger partial charge is 0.491 e. The van der Waals surface area contributed by atoms with Crippen molar-refractivity contribution in [3.05, 3.63) is 70.8 Å². The van der Waals surface area contributed by atoms with Crippen LogP contribution in [0, 0.1) is 13.8 Å². The molecule has 0 bridgehead atoms. The summed E-state index contributed by atoms with van der Waals surface area (Å²) in [7, 11) is 1.55. The van der Waals surface area contributed by atoms with Crippen LogP contribution in [-0.4, -0.2) is 32.6 Å². The smallest absolute Gasteiger partial charge is 0.125 e. The molecule has 0 saturated carbocycles. The molecule has 0 unspecified atom stereocenters. The van der Waals surface area contributed by atoms with Crippen molar-refractivity contribution in [2.75, 3.05) is 26.9 Å². The molecule has 5 heteroatoms. The Labute approximate surface area is 173 Å². The van der Waals surface area contributed by atoms with Crippen LogP contribution in [0.4, 0.5) is 0 Å². The Balaban J connectivity index is 1.78. The lowest BCUT2D eigenvalue weighted by molar-refractivity contribution is 0.0885. The Kier molecular flexibility index (Phi) is 9.25. The molecule has 0 aliphatic heterocycles. The number of oxime groups is 1. The fourth-order valence-corrected chi connectivity index (χ4v) is 2.89. The summed E-state index contributed by atoms with van der Waals surface area (Å²) in [5, 5.41) is 3.94. The number of ether oxygens (including phenoxy) is 3. The van der Waals surface area contributed by atoms with Gasteiger partial charge in [-0.25, -0.2) is 0 Å². The van der Waals surface area contributed by atoms with Gasteiger partial charge in [0.15, 0.2) is 0 Å². The lowest BCUT2D eigenvalue weighted by Crippen LogP contribution is -2.08. The van der Waals surface area contributed by atoms with Crippen LogP contribution in [0.3, 0.4) is 0 Å². The van der Waals surface area contributed by atoms with Gasteiger partial charge in [-0.3, -0.25) is 0 Å². The molecule has 156 valence electrons. The molecule has 0 atom stereocenters. The Morgan fingerprint density at radius 1 is 1.00 bits per heavy atom. The van der Waals surface area contributed by atoms with E-state index in [9.17, 15) is 0 Å². The second kappa shape index (κ2) is 11.9. The quantitative estimate of drug-likeness (QED) is 0.226. The molecule has 29 heavy (non-hydrogen) atoms. The van der Waals surface area contributed by atoms with Gasteiger partial charge in [-0.05, 0) is 62.1 Å². The molecule has 0 aromatic heterocycles. The first-order valence-electron chi connectivity index (χ1n) is 9.78. The molecular weight excluding hydrogens is 366 g/mol. The number of hydrogen-bond donors (Lipinski definition) is 0. The van der Waals surface area contributed by atoms with Crippen molar-refractivity contribution in [2.45, 2.75) is 34.3 Å². The fourth-order valence-electron chi connectivity index (χ4n) is 2.89. The van der Waals surface area contributed by atoms with Crippen molar-refractivity contribution in [2.24, 2.45) is 5.16 Å². The van der Waals surface area contributed by atoms with Crippen molar-refractivity contribution in [3.63, 3.8) is 0 Å². The predicted octanol–water partition coefficient (Wildman–Crippen LogP) is 5.22. The van der Waals surface area contributed by atoms with Gasteiger partial charge in [-0.2, -0.15) is 0 Å². The Morgan fingerprint density at radius 2 is 1.69 bits per heavy atom. The standard InChI is InChI=1S/C24H31NO4/c1-6-7-12-28-23-15-18(2)24(19(3)16-23)29-14-13-27-17-21-8-10-22(11-9-21)20(4)25-26-5/h6-11,15-16H,12-14,17H2,1-5H3/b7-6+,25-20+. The first kappa shape index (κ1) is 22.5. The number of hydrogen-bond acceptors (Lipinski definition) is 5. The summed E-state index contributed by atoms with van der Waals surface area (Å²) in [6, 6.07) is 12.1. The van der Waals surface area contributed by atoms with Crippen molar-refractivity contribution < 1.29 is 19.0 Å². The molecule has 0 N–H and O–H groups in total. The zero-order valence-electron chi connectivity index (χ0n) is 18.0.